The molecule has 0 radical (unpaired) electrons. The van der Waals surface area contributed by atoms with Crippen LogP contribution < -0.4 is 20.8 Å². The molecule has 0 saturated carbocycles. The summed E-state index contributed by atoms with van der Waals surface area (Å²) in [6.07, 6.45) is 0. The first-order valence-electron chi connectivity index (χ1n) is 8.10. The van der Waals surface area contributed by atoms with Crippen molar-refractivity contribution in [1.29, 1.82) is 0 Å². The van der Waals surface area contributed by atoms with E-state index in [1.54, 1.807) is 19.2 Å². The first-order chi connectivity index (χ1) is 12.5. The maximum atomic E-state index is 12.0. The molecule has 1 amide bonds. The lowest BCUT2D eigenvalue weighted by Gasteiger charge is -2.10. The van der Waals surface area contributed by atoms with Crippen LogP contribution in [0, 0.1) is 6.92 Å². The molecule has 0 saturated heterocycles. The van der Waals surface area contributed by atoms with Crippen molar-refractivity contribution in [2.24, 2.45) is 5.10 Å². The van der Waals surface area contributed by atoms with Crippen molar-refractivity contribution >= 4 is 34.6 Å². The number of anilines is 1. The van der Waals surface area contributed by atoms with Crippen LogP contribution in [-0.4, -0.2) is 30.4 Å². The number of carbonyl (C=O) groups is 1. The predicted octanol–water partition coefficient (Wildman–Crippen LogP) is 2.83. The maximum Gasteiger partial charge on any atom is 0.262 e. The largest absolute Gasteiger partial charge is 0.484 e. The molecule has 136 valence electrons. The molecule has 0 unspecified atom stereocenters. The fraction of sp³-hybridized carbons (Fsp3) is 0.211. The number of rotatable bonds is 6. The molecule has 2 aromatic carbocycles. The van der Waals surface area contributed by atoms with Crippen LogP contribution in [0.15, 0.2) is 53.6 Å². The Hall–Kier alpha value is -2.93. The van der Waals surface area contributed by atoms with Crippen LogP contribution in [-0.2, 0) is 4.79 Å². The van der Waals surface area contributed by atoms with Crippen LogP contribution >= 0.6 is 12.2 Å². The van der Waals surface area contributed by atoms with Crippen molar-refractivity contribution in [3.63, 3.8) is 0 Å². The van der Waals surface area contributed by atoms with Crippen molar-refractivity contribution in [3.8, 4) is 5.75 Å². The Balaban J connectivity index is 1.88. The van der Waals surface area contributed by atoms with Crippen molar-refractivity contribution < 1.29 is 9.53 Å². The van der Waals surface area contributed by atoms with Gasteiger partial charge in [0.2, 0.25) is 0 Å². The summed E-state index contributed by atoms with van der Waals surface area (Å²) in [6.45, 7) is 3.76. The third kappa shape index (κ3) is 5.86. The van der Waals surface area contributed by atoms with Gasteiger partial charge in [-0.2, -0.15) is 5.10 Å². The molecule has 7 heteroatoms. The van der Waals surface area contributed by atoms with Crippen LogP contribution in [0.2, 0.25) is 0 Å². The zero-order valence-electron chi connectivity index (χ0n) is 15.0. The summed E-state index contributed by atoms with van der Waals surface area (Å²) < 4.78 is 5.53. The van der Waals surface area contributed by atoms with Crippen molar-refractivity contribution in [2.45, 2.75) is 13.8 Å². The average molecular weight is 370 g/mol. The molecule has 0 aliphatic heterocycles. The lowest BCUT2D eigenvalue weighted by atomic mass is 10.1. The van der Waals surface area contributed by atoms with Gasteiger partial charge in [-0.1, -0.05) is 18.2 Å². The van der Waals surface area contributed by atoms with E-state index in [4.69, 9.17) is 17.0 Å². The van der Waals surface area contributed by atoms with Gasteiger partial charge >= 0.3 is 0 Å². The summed E-state index contributed by atoms with van der Waals surface area (Å²) in [5, 5.41) is 10.2. The van der Waals surface area contributed by atoms with Gasteiger partial charge in [0, 0.05) is 12.7 Å². The zero-order chi connectivity index (χ0) is 18.9. The Morgan fingerprint density at radius 1 is 1.15 bits per heavy atom. The molecule has 2 aromatic rings. The van der Waals surface area contributed by atoms with E-state index >= 15 is 0 Å². The smallest absolute Gasteiger partial charge is 0.262 e. The van der Waals surface area contributed by atoms with E-state index in [1.807, 2.05) is 50.2 Å². The van der Waals surface area contributed by atoms with Crippen LogP contribution in [0.25, 0.3) is 0 Å². The van der Waals surface area contributed by atoms with E-state index in [0.29, 0.717) is 10.9 Å². The Morgan fingerprint density at radius 3 is 2.50 bits per heavy atom. The molecule has 2 rings (SSSR count). The van der Waals surface area contributed by atoms with Crippen molar-refractivity contribution in [2.75, 3.05) is 19.0 Å². The fourth-order valence-corrected chi connectivity index (χ4v) is 2.14. The number of nitrogens with zero attached hydrogens (tertiary/aromatic N) is 1. The minimum atomic E-state index is -0.203. The van der Waals surface area contributed by atoms with Crippen molar-refractivity contribution in [3.05, 3.63) is 59.7 Å². The minimum absolute atomic E-state index is 0.0568. The van der Waals surface area contributed by atoms with Crippen LogP contribution in [0.4, 0.5) is 5.69 Å². The number of thiocarbonyl (C=S) groups is 1. The topological polar surface area (TPSA) is 74.8 Å². The number of ether oxygens (including phenoxy) is 1. The van der Waals surface area contributed by atoms with Crippen LogP contribution in [0.1, 0.15) is 18.1 Å². The molecular weight excluding hydrogens is 348 g/mol. The normalized spacial score (nSPS) is 10.8. The summed E-state index contributed by atoms with van der Waals surface area (Å²) in [7, 11) is 1.72. The number of para-hydroxylation sites is 1. The first kappa shape index (κ1) is 19.4. The summed E-state index contributed by atoms with van der Waals surface area (Å²) in [6, 6.07) is 14.9. The first-order valence-corrected chi connectivity index (χ1v) is 8.51. The molecule has 0 atom stereocenters. The molecule has 0 aliphatic carbocycles. The highest BCUT2D eigenvalue weighted by molar-refractivity contribution is 7.80. The van der Waals surface area contributed by atoms with Gasteiger partial charge in [0.05, 0.1) is 5.71 Å². The third-order valence-corrected chi connectivity index (χ3v) is 3.91. The van der Waals surface area contributed by atoms with Gasteiger partial charge in [-0.3, -0.25) is 10.2 Å². The number of carbonyl (C=O) groups excluding carboxylic acids is 1. The van der Waals surface area contributed by atoms with Gasteiger partial charge in [0.25, 0.3) is 5.91 Å². The Labute approximate surface area is 158 Å². The molecule has 3 N–H and O–H groups in total. The second-order valence-corrected chi connectivity index (χ2v) is 5.97. The number of hydrogen-bond donors (Lipinski definition) is 3. The second-order valence-electron chi connectivity index (χ2n) is 5.56. The number of hydrazone groups is 1. The molecule has 6 nitrogen and oxygen atoms in total. The monoisotopic (exact) mass is 370 g/mol. The molecule has 0 aromatic heterocycles. The van der Waals surface area contributed by atoms with Crippen LogP contribution in [0.5, 0.6) is 5.75 Å². The summed E-state index contributed by atoms with van der Waals surface area (Å²) in [5.41, 5.74) is 6.24. The second kappa shape index (κ2) is 9.53. The van der Waals surface area contributed by atoms with E-state index in [2.05, 4.69) is 21.2 Å². The lowest BCUT2D eigenvalue weighted by Crippen LogP contribution is -2.29. The van der Waals surface area contributed by atoms with Gasteiger partial charge in [0.1, 0.15) is 5.75 Å². The molecule has 0 spiro atoms. The number of amides is 1. The highest BCUT2D eigenvalue weighted by Gasteiger charge is 2.06. The van der Waals surface area contributed by atoms with Crippen LogP contribution in [0.3, 0.4) is 0 Å². The number of benzene rings is 2. The highest BCUT2D eigenvalue weighted by atomic mass is 32.1. The Bertz CT molecular complexity index is 803. The number of nitrogens with one attached hydrogen (secondary N) is 3. The Kier molecular flexibility index (Phi) is 7.11. The summed E-state index contributed by atoms with van der Waals surface area (Å²) >= 11 is 4.97. The molecule has 0 fully saturated rings. The summed E-state index contributed by atoms with van der Waals surface area (Å²) in [5.74, 6) is 0.408. The predicted molar refractivity (Wildman–Crippen MR) is 109 cm³/mol. The van der Waals surface area contributed by atoms with E-state index in [-0.39, 0.29) is 12.5 Å². The highest BCUT2D eigenvalue weighted by Crippen LogP contribution is 2.15. The van der Waals surface area contributed by atoms with E-state index in [1.165, 1.54) is 0 Å². The minimum Gasteiger partial charge on any atom is -0.484 e. The SMILES string of the molecule is CNC(=S)N/N=C(/C)c1ccc(OCC(=O)Nc2ccccc2C)cc1. The van der Waals surface area contributed by atoms with Gasteiger partial charge in [-0.15, -0.1) is 0 Å². The molecule has 26 heavy (non-hydrogen) atoms. The number of hydrogen-bond acceptors (Lipinski definition) is 4. The standard InChI is InChI=1S/C19H22N4O2S/c1-13-6-4-5-7-17(13)21-18(24)12-25-16-10-8-15(9-11-16)14(2)22-23-19(26)20-3/h4-11H,12H2,1-3H3,(H,21,24)(H2,20,23,26)/b22-14-. The maximum absolute atomic E-state index is 12.0. The molecular formula is C19H22N4O2S. The van der Waals surface area contributed by atoms with Crippen molar-refractivity contribution in [1.82, 2.24) is 10.7 Å². The van der Waals surface area contributed by atoms with E-state index in [9.17, 15) is 4.79 Å². The summed E-state index contributed by atoms with van der Waals surface area (Å²) in [4.78, 5) is 12.0. The van der Waals surface area contributed by atoms with Gasteiger partial charge in [-0.05, 0) is 67.5 Å². The van der Waals surface area contributed by atoms with E-state index in [0.717, 1.165) is 22.5 Å². The average Bonchev–Trinajstić information content (AvgIpc) is 2.66. The molecule has 0 aliphatic rings. The third-order valence-electron chi connectivity index (χ3n) is 3.61. The molecule has 0 bridgehead atoms. The molecule has 0 heterocycles. The van der Waals surface area contributed by atoms with Gasteiger partial charge < -0.3 is 15.4 Å². The number of aryl methyl sites for hydroxylation is 1. The quantitative estimate of drug-likeness (QED) is 0.414. The Morgan fingerprint density at radius 2 is 1.85 bits per heavy atom. The van der Waals surface area contributed by atoms with Gasteiger partial charge in [-0.25, -0.2) is 0 Å². The van der Waals surface area contributed by atoms with E-state index < -0.39 is 0 Å². The fourth-order valence-electron chi connectivity index (χ4n) is 2.10. The lowest BCUT2D eigenvalue weighted by molar-refractivity contribution is -0.118. The zero-order valence-corrected chi connectivity index (χ0v) is 15.8. The van der Waals surface area contributed by atoms with Gasteiger partial charge in [0.15, 0.2) is 11.7 Å².